The third-order valence-corrected chi connectivity index (χ3v) is 3.27. The first-order valence-electron chi connectivity index (χ1n) is 5.92. The van der Waals surface area contributed by atoms with Crippen molar-refractivity contribution in [2.45, 2.75) is 19.3 Å². The van der Waals surface area contributed by atoms with E-state index in [0.717, 1.165) is 58.7 Å². The summed E-state index contributed by atoms with van der Waals surface area (Å²) < 4.78 is 5.29. The molecule has 4 nitrogen and oxygen atoms in total. The number of halogens is 1. The van der Waals surface area contributed by atoms with Gasteiger partial charge in [0.25, 0.3) is 0 Å². The molecule has 2 aliphatic heterocycles. The molecule has 2 aliphatic rings. The fourth-order valence-corrected chi connectivity index (χ4v) is 2.24. The van der Waals surface area contributed by atoms with E-state index in [1.807, 2.05) is 4.90 Å². The number of carbonyl (C=O) groups excluding carboxylic acids is 1. The zero-order valence-electron chi connectivity index (χ0n) is 9.61. The highest BCUT2D eigenvalue weighted by Gasteiger charge is 2.22. The number of amides is 1. The Balaban J connectivity index is 0.00000128. The van der Waals surface area contributed by atoms with E-state index < -0.39 is 0 Å². The van der Waals surface area contributed by atoms with Gasteiger partial charge >= 0.3 is 0 Å². The van der Waals surface area contributed by atoms with Gasteiger partial charge < -0.3 is 15.0 Å². The van der Waals surface area contributed by atoms with Crippen LogP contribution in [-0.4, -0.2) is 50.2 Å². The first-order chi connectivity index (χ1) is 7.36. The molecule has 0 saturated carbocycles. The minimum absolute atomic E-state index is 0. The molecule has 2 rings (SSSR count). The van der Waals surface area contributed by atoms with Gasteiger partial charge in [0.2, 0.25) is 5.91 Å². The number of nitrogens with zero attached hydrogens (tertiary/aromatic N) is 1. The maximum absolute atomic E-state index is 11.9. The van der Waals surface area contributed by atoms with Crippen LogP contribution in [0.5, 0.6) is 0 Å². The number of nitrogens with one attached hydrogen (secondary N) is 1. The van der Waals surface area contributed by atoms with Crippen molar-refractivity contribution < 1.29 is 9.53 Å². The Morgan fingerprint density at radius 2 is 1.88 bits per heavy atom. The van der Waals surface area contributed by atoms with Crippen LogP contribution in [0.1, 0.15) is 19.3 Å². The molecule has 0 radical (unpaired) electrons. The summed E-state index contributed by atoms with van der Waals surface area (Å²) in [6.07, 6.45) is 2.83. The molecule has 0 aliphatic carbocycles. The van der Waals surface area contributed by atoms with Crippen LogP contribution in [0.25, 0.3) is 0 Å². The second-order valence-corrected chi connectivity index (χ2v) is 4.39. The predicted molar refractivity (Wildman–Crippen MR) is 64.9 cm³/mol. The highest BCUT2D eigenvalue weighted by Crippen LogP contribution is 2.19. The number of hydrogen-bond donors (Lipinski definition) is 1. The first-order valence-corrected chi connectivity index (χ1v) is 5.92. The van der Waals surface area contributed by atoms with Crippen LogP contribution in [0, 0.1) is 5.92 Å². The lowest BCUT2D eigenvalue weighted by Crippen LogP contribution is -2.47. The van der Waals surface area contributed by atoms with Crippen molar-refractivity contribution in [1.82, 2.24) is 10.2 Å². The lowest BCUT2D eigenvalue weighted by atomic mass is 9.96. The fourth-order valence-electron chi connectivity index (χ4n) is 2.24. The number of rotatable bonds is 2. The van der Waals surface area contributed by atoms with Crippen LogP contribution >= 0.6 is 12.4 Å². The molecule has 2 saturated heterocycles. The summed E-state index contributed by atoms with van der Waals surface area (Å²) >= 11 is 0. The molecule has 1 amide bonds. The van der Waals surface area contributed by atoms with Gasteiger partial charge in [-0.25, -0.2) is 0 Å². The summed E-state index contributed by atoms with van der Waals surface area (Å²) in [6, 6.07) is 0. The topological polar surface area (TPSA) is 41.6 Å². The van der Waals surface area contributed by atoms with E-state index >= 15 is 0 Å². The van der Waals surface area contributed by atoms with Crippen molar-refractivity contribution in [3.05, 3.63) is 0 Å². The van der Waals surface area contributed by atoms with Gasteiger partial charge in [-0.1, -0.05) is 0 Å². The Labute approximate surface area is 103 Å². The molecular weight excluding hydrogens is 228 g/mol. The Bertz CT molecular complexity index is 214. The third kappa shape index (κ3) is 3.92. The summed E-state index contributed by atoms with van der Waals surface area (Å²) in [5.74, 6) is 0.893. The van der Waals surface area contributed by atoms with Gasteiger partial charge in [-0.05, 0) is 18.8 Å². The molecule has 16 heavy (non-hydrogen) atoms. The van der Waals surface area contributed by atoms with Gasteiger partial charge in [0.05, 0.1) is 0 Å². The average Bonchev–Trinajstić information content (AvgIpc) is 2.31. The highest BCUT2D eigenvalue weighted by atomic mass is 35.5. The zero-order chi connectivity index (χ0) is 10.5. The quantitative estimate of drug-likeness (QED) is 0.781. The van der Waals surface area contributed by atoms with Crippen LogP contribution in [-0.2, 0) is 9.53 Å². The molecule has 5 heteroatoms. The van der Waals surface area contributed by atoms with Crippen LogP contribution in [0.2, 0.25) is 0 Å². The zero-order valence-corrected chi connectivity index (χ0v) is 10.4. The van der Waals surface area contributed by atoms with E-state index in [2.05, 4.69) is 5.32 Å². The highest BCUT2D eigenvalue weighted by molar-refractivity contribution is 5.85. The summed E-state index contributed by atoms with van der Waals surface area (Å²) in [6.45, 7) is 5.31. The Morgan fingerprint density at radius 3 is 2.50 bits per heavy atom. The Kier molecular flexibility index (Phi) is 6.09. The van der Waals surface area contributed by atoms with E-state index in [4.69, 9.17) is 4.74 Å². The first kappa shape index (κ1) is 13.7. The fraction of sp³-hybridized carbons (Fsp3) is 0.909. The molecule has 0 bridgehead atoms. The van der Waals surface area contributed by atoms with Gasteiger partial charge in [-0.3, -0.25) is 4.79 Å². The second-order valence-electron chi connectivity index (χ2n) is 4.39. The Hall–Kier alpha value is -0.320. The average molecular weight is 249 g/mol. The van der Waals surface area contributed by atoms with Gasteiger partial charge in [0.15, 0.2) is 0 Å². The maximum Gasteiger partial charge on any atom is 0.222 e. The molecule has 0 atom stereocenters. The van der Waals surface area contributed by atoms with Gasteiger partial charge in [-0.2, -0.15) is 0 Å². The molecular formula is C11H21ClN2O2. The third-order valence-electron chi connectivity index (χ3n) is 3.27. The minimum atomic E-state index is 0. The van der Waals surface area contributed by atoms with E-state index in [1.54, 1.807) is 0 Å². The second kappa shape index (κ2) is 7.09. The monoisotopic (exact) mass is 248 g/mol. The molecule has 0 unspecified atom stereocenters. The van der Waals surface area contributed by atoms with Gasteiger partial charge in [0, 0.05) is 45.8 Å². The Morgan fingerprint density at radius 1 is 1.25 bits per heavy atom. The molecule has 0 aromatic carbocycles. The molecule has 0 aromatic rings. The van der Waals surface area contributed by atoms with Crippen LogP contribution in [0.15, 0.2) is 0 Å². The SMILES string of the molecule is Cl.O=C(CC1CCOCC1)N1CCNCC1. The summed E-state index contributed by atoms with van der Waals surface area (Å²) in [5.41, 5.74) is 0. The predicted octanol–water partition coefficient (Wildman–Crippen LogP) is 0.657. The summed E-state index contributed by atoms with van der Waals surface area (Å²) in [5, 5.41) is 3.26. The van der Waals surface area contributed by atoms with Crippen molar-refractivity contribution >= 4 is 18.3 Å². The summed E-state index contributed by atoms with van der Waals surface area (Å²) in [7, 11) is 0. The smallest absolute Gasteiger partial charge is 0.222 e. The lowest BCUT2D eigenvalue weighted by molar-refractivity contribution is -0.133. The normalized spacial score (nSPS) is 22.6. The number of hydrogen-bond acceptors (Lipinski definition) is 3. The van der Waals surface area contributed by atoms with Gasteiger partial charge in [-0.15, -0.1) is 12.4 Å². The molecule has 94 valence electrons. The van der Waals surface area contributed by atoms with Crippen LogP contribution < -0.4 is 5.32 Å². The number of carbonyl (C=O) groups is 1. The van der Waals surface area contributed by atoms with E-state index in [-0.39, 0.29) is 12.4 Å². The van der Waals surface area contributed by atoms with Crippen molar-refractivity contribution in [3.63, 3.8) is 0 Å². The van der Waals surface area contributed by atoms with E-state index in [0.29, 0.717) is 11.8 Å². The number of piperazine rings is 1. The molecule has 2 heterocycles. The van der Waals surface area contributed by atoms with Crippen molar-refractivity contribution in [1.29, 1.82) is 0 Å². The standard InChI is InChI=1S/C11H20N2O2.ClH/c14-11(13-5-3-12-4-6-13)9-10-1-7-15-8-2-10;/h10,12H,1-9H2;1H. The molecule has 0 aromatic heterocycles. The van der Waals surface area contributed by atoms with Crippen LogP contribution in [0.3, 0.4) is 0 Å². The van der Waals surface area contributed by atoms with Crippen LogP contribution in [0.4, 0.5) is 0 Å². The largest absolute Gasteiger partial charge is 0.381 e. The van der Waals surface area contributed by atoms with Crippen molar-refractivity contribution in [2.24, 2.45) is 5.92 Å². The van der Waals surface area contributed by atoms with Crippen molar-refractivity contribution in [3.8, 4) is 0 Å². The van der Waals surface area contributed by atoms with E-state index in [1.165, 1.54) is 0 Å². The van der Waals surface area contributed by atoms with Gasteiger partial charge in [0.1, 0.15) is 0 Å². The molecule has 2 fully saturated rings. The van der Waals surface area contributed by atoms with E-state index in [9.17, 15) is 4.79 Å². The maximum atomic E-state index is 11.9. The molecule has 0 spiro atoms. The number of ether oxygens (including phenoxy) is 1. The lowest BCUT2D eigenvalue weighted by Gasteiger charge is -2.30. The minimum Gasteiger partial charge on any atom is -0.381 e. The van der Waals surface area contributed by atoms with Crippen molar-refractivity contribution in [2.75, 3.05) is 39.4 Å². The molecule has 1 N–H and O–H groups in total. The summed E-state index contributed by atoms with van der Waals surface area (Å²) in [4.78, 5) is 13.9.